The van der Waals surface area contributed by atoms with Gasteiger partial charge in [-0.05, 0) is 12.0 Å². The summed E-state index contributed by atoms with van der Waals surface area (Å²) in [5, 5.41) is 0. The monoisotopic (exact) mass is 360 g/mol. The van der Waals surface area contributed by atoms with Gasteiger partial charge in [0.1, 0.15) is 6.79 Å². The number of methoxy groups -OCH3 is 1. The third kappa shape index (κ3) is 3.07. The minimum absolute atomic E-state index is 0.0619. The number of allylic oxidation sites excluding steroid dienone is 2. The van der Waals surface area contributed by atoms with Gasteiger partial charge in [-0.1, -0.05) is 66.7 Å². The number of rotatable bonds is 5. The normalized spacial score (nSPS) is 19.7. The van der Waals surface area contributed by atoms with Crippen LogP contribution in [0.2, 0.25) is 0 Å². The van der Waals surface area contributed by atoms with E-state index >= 15 is 0 Å². The van der Waals surface area contributed by atoms with Gasteiger partial charge in [-0.15, -0.1) is 0 Å². The Morgan fingerprint density at radius 1 is 0.963 bits per heavy atom. The van der Waals surface area contributed by atoms with Crippen molar-refractivity contribution in [3.63, 3.8) is 0 Å². The number of carbonyl (C=O) groups is 2. The highest BCUT2D eigenvalue weighted by Gasteiger charge is 2.39. The van der Waals surface area contributed by atoms with Crippen LogP contribution >= 0.6 is 0 Å². The van der Waals surface area contributed by atoms with Crippen molar-refractivity contribution in [1.82, 2.24) is 0 Å². The van der Waals surface area contributed by atoms with Crippen molar-refractivity contribution < 1.29 is 19.1 Å². The van der Waals surface area contributed by atoms with Gasteiger partial charge in [-0.25, -0.2) is 0 Å². The lowest BCUT2D eigenvalue weighted by Crippen LogP contribution is -2.31. The summed E-state index contributed by atoms with van der Waals surface area (Å²) in [4.78, 5) is 26.3. The first-order valence-electron chi connectivity index (χ1n) is 8.96. The van der Waals surface area contributed by atoms with E-state index < -0.39 is 6.10 Å². The third-order valence-corrected chi connectivity index (χ3v) is 5.08. The van der Waals surface area contributed by atoms with Crippen LogP contribution in [0.3, 0.4) is 0 Å². The fourth-order valence-corrected chi connectivity index (χ4v) is 3.87. The quantitative estimate of drug-likeness (QED) is 0.589. The van der Waals surface area contributed by atoms with E-state index in [1.54, 1.807) is 31.4 Å². The Morgan fingerprint density at radius 2 is 1.63 bits per heavy atom. The Labute approximate surface area is 158 Å². The smallest absolute Gasteiger partial charge is 0.190 e. The Morgan fingerprint density at radius 3 is 2.33 bits per heavy atom. The molecule has 0 saturated heterocycles. The standard InChI is InChI=1S/C23H20O4/c1-26-14-27-23(15-8-3-2-4-9-15)19-13-7-12-18-20(19)22(25)17-11-6-5-10-16(17)21(18)24/h2-11,13,19,23H,12,14H2,1H3/t19-,23-/m0/s1. The fourth-order valence-electron chi connectivity index (χ4n) is 3.87. The van der Waals surface area contributed by atoms with Crippen molar-refractivity contribution in [2.45, 2.75) is 12.5 Å². The number of fused-ring (bicyclic) bond motifs is 1. The van der Waals surface area contributed by atoms with Crippen molar-refractivity contribution in [3.05, 3.63) is 94.6 Å². The molecule has 0 N–H and O–H groups in total. The molecule has 2 aromatic carbocycles. The minimum Gasteiger partial charge on any atom is -0.359 e. The van der Waals surface area contributed by atoms with Crippen LogP contribution in [0.1, 0.15) is 38.8 Å². The summed E-state index contributed by atoms with van der Waals surface area (Å²) >= 11 is 0. The highest BCUT2D eigenvalue weighted by molar-refractivity contribution is 6.27. The lowest BCUT2D eigenvalue weighted by molar-refractivity contribution is -0.0828. The summed E-state index contributed by atoms with van der Waals surface area (Å²) in [7, 11) is 1.56. The molecule has 0 radical (unpaired) electrons. The van der Waals surface area contributed by atoms with Crippen molar-refractivity contribution in [1.29, 1.82) is 0 Å². The van der Waals surface area contributed by atoms with E-state index in [1.165, 1.54) is 0 Å². The molecule has 2 aliphatic carbocycles. The average Bonchev–Trinajstić information content (AvgIpc) is 2.73. The first-order chi connectivity index (χ1) is 13.2. The van der Waals surface area contributed by atoms with Gasteiger partial charge in [0.15, 0.2) is 11.6 Å². The van der Waals surface area contributed by atoms with Crippen molar-refractivity contribution in [3.8, 4) is 0 Å². The number of hydrogen-bond acceptors (Lipinski definition) is 4. The zero-order chi connectivity index (χ0) is 18.8. The molecule has 0 saturated carbocycles. The third-order valence-electron chi connectivity index (χ3n) is 5.08. The van der Waals surface area contributed by atoms with Crippen LogP contribution in [0.5, 0.6) is 0 Å². The van der Waals surface area contributed by atoms with Crippen LogP contribution < -0.4 is 0 Å². The maximum absolute atomic E-state index is 13.3. The van der Waals surface area contributed by atoms with Gasteiger partial charge in [0.05, 0.1) is 6.10 Å². The van der Waals surface area contributed by atoms with E-state index in [4.69, 9.17) is 9.47 Å². The van der Waals surface area contributed by atoms with Crippen LogP contribution in [-0.4, -0.2) is 25.5 Å². The van der Waals surface area contributed by atoms with E-state index in [1.807, 2.05) is 42.5 Å². The molecule has 0 bridgehead atoms. The molecular formula is C23H20O4. The van der Waals surface area contributed by atoms with E-state index in [0.717, 1.165) is 5.56 Å². The Balaban J connectivity index is 1.80. The second kappa shape index (κ2) is 7.43. The lowest BCUT2D eigenvalue weighted by Gasteiger charge is -2.33. The first kappa shape index (κ1) is 17.6. The molecular weight excluding hydrogens is 340 g/mol. The molecule has 4 heteroatoms. The highest BCUT2D eigenvalue weighted by atomic mass is 16.7. The highest BCUT2D eigenvalue weighted by Crippen LogP contribution is 2.42. The van der Waals surface area contributed by atoms with Gasteiger partial charge < -0.3 is 9.47 Å². The molecule has 0 aromatic heterocycles. The SMILES string of the molecule is COCO[C@@H](c1ccccc1)[C@H]1C=CCC2=C1C(=O)c1ccccc1C2=O. The van der Waals surface area contributed by atoms with Crippen molar-refractivity contribution in [2.75, 3.05) is 13.9 Å². The number of carbonyl (C=O) groups excluding carboxylic acids is 2. The molecule has 0 unspecified atom stereocenters. The molecule has 2 atom stereocenters. The second-order valence-electron chi connectivity index (χ2n) is 6.66. The number of ether oxygens (including phenoxy) is 2. The molecule has 0 aliphatic heterocycles. The van der Waals surface area contributed by atoms with Crippen molar-refractivity contribution in [2.24, 2.45) is 5.92 Å². The van der Waals surface area contributed by atoms with Crippen LogP contribution in [-0.2, 0) is 9.47 Å². The summed E-state index contributed by atoms with van der Waals surface area (Å²) in [5.41, 5.74) is 3.03. The number of Topliss-reactive ketones (excluding diaryl/α,β-unsaturated/α-hetero) is 2. The van der Waals surface area contributed by atoms with E-state index in [2.05, 4.69) is 0 Å². The van der Waals surface area contributed by atoms with E-state index in [-0.39, 0.29) is 24.3 Å². The summed E-state index contributed by atoms with van der Waals surface area (Å²) in [6.45, 7) is 0.102. The lowest BCUT2D eigenvalue weighted by atomic mass is 9.72. The maximum atomic E-state index is 13.3. The first-order valence-corrected chi connectivity index (χ1v) is 8.96. The Bertz CT molecular complexity index is 940. The van der Waals surface area contributed by atoms with Gasteiger partial charge in [0.2, 0.25) is 0 Å². The van der Waals surface area contributed by atoms with Gasteiger partial charge in [-0.2, -0.15) is 0 Å². The number of ketones is 2. The predicted octanol–water partition coefficient (Wildman–Crippen LogP) is 4.30. The van der Waals surface area contributed by atoms with Gasteiger partial charge in [0.25, 0.3) is 0 Å². The number of hydrogen-bond donors (Lipinski definition) is 0. The Hall–Kier alpha value is -2.82. The van der Waals surface area contributed by atoms with Gasteiger partial charge in [0, 0.05) is 35.3 Å². The molecule has 27 heavy (non-hydrogen) atoms. The molecule has 4 nitrogen and oxygen atoms in total. The summed E-state index contributed by atoms with van der Waals surface area (Å²) < 4.78 is 11.1. The number of benzene rings is 2. The van der Waals surface area contributed by atoms with E-state index in [0.29, 0.717) is 28.7 Å². The zero-order valence-electron chi connectivity index (χ0n) is 15.1. The average molecular weight is 360 g/mol. The Kier molecular flexibility index (Phi) is 4.84. The maximum Gasteiger partial charge on any atom is 0.190 e. The van der Waals surface area contributed by atoms with Crippen LogP contribution in [0.25, 0.3) is 0 Å². The zero-order valence-corrected chi connectivity index (χ0v) is 15.1. The summed E-state index contributed by atoms with van der Waals surface area (Å²) in [5.74, 6) is -0.485. The molecule has 0 fully saturated rings. The molecule has 0 heterocycles. The topological polar surface area (TPSA) is 52.6 Å². The molecule has 2 aromatic rings. The van der Waals surface area contributed by atoms with Crippen LogP contribution in [0.15, 0.2) is 77.9 Å². The predicted molar refractivity (Wildman–Crippen MR) is 102 cm³/mol. The molecule has 136 valence electrons. The molecule has 4 rings (SSSR count). The summed E-state index contributed by atoms with van der Waals surface area (Å²) in [6.07, 6.45) is 3.99. The molecule has 0 spiro atoms. The summed E-state index contributed by atoms with van der Waals surface area (Å²) in [6, 6.07) is 16.8. The van der Waals surface area contributed by atoms with E-state index in [9.17, 15) is 9.59 Å². The largest absolute Gasteiger partial charge is 0.359 e. The molecule has 0 amide bonds. The van der Waals surface area contributed by atoms with Crippen LogP contribution in [0, 0.1) is 5.92 Å². The van der Waals surface area contributed by atoms with Crippen LogP contribution in [0.4, 0.5) is 0 Å². The fraction of sp³-hybridized carbons (Fsp3) is 0.217. The second-order valence-corrected chi connectivity index (χ2v) is 6.66. The van der Waals surface area contributed by atoms with Gasteiger partial charge >= 0.3 is 0 Å². The van der Waals surface area contributed by atoms with Crippen molar-refractivity contribution >= 4 is 11.6 Å². The van der Waals surface area contributed by atoms with Gasteiger partial charge in [-0.3, -0.25) is 9.59 Å². The molecule has 2 aliphatic rings. The minimum atomic E-state index is -0.408.